The summed E-state index contributed by atoms with van der Waals surface area (Å²) in [6.45, 7) is 1.41. The maximum absolute atomic E-state index is 13.7. The van der Waals surface area contributed by atoms with Crippen LogP contribution in [0.5, 0.6) is 0 Å². The van der Waals surface area contributed by atoms with Crippen molar-refractivity contribution in [3.8, 4) is 5.69 Å². The fourth-order valence-electron chi connectivity index (χ4n) is 3.39. The van der Waals surface area contributed by atoms with E-state index in [9.17, 15) is 27.6 Å². The molecule has 1 aliphatic carbocycles. The van der Waals surface area contributed by atoms with Gasteiger partial charge in [-0.2, -0.15) is 18.3 Å². The number of nitrogens with zero attached hydrogens (tertiary/aromatic N) is 2. The second kappa shape index (κ2) is 9.61. The fourth-order valence-corrected chi connectivity index (χ4v) is 3.39. The van der Waals surface area contributed by atoms with E-state index >= 15 is 0 Å². The predicted octanol–water partition coefficient (Wildman–Crippen LogP) is 4.67. The summed E-state index contributed by atoms with van der Waals surface area (Å²) in [6.07, 6.45) is -2.33. The largest absolute Gasteiger partial charge is 0.462 e. The Morgan fingerprint density at radius 1 is 1.06 bits per heavy atom. The summed E-state index contributed by atoms with van der Waals surface area (Å²) < 4.78 is 46.3. The third kappa shape index (κ3) is 5.51. The van der Waals surface area contributed by atoms with Crippen molar-refractivity contribution in [1.82, 2.24) is 9.78 Å². The normalized spacial score (nSPS) is 13.3. The van der Waals surface area contributed by atoms with Gasteiger partial charge in [0.25, 0.3) is 5.91 Å². The number of rotatable bonds is 7. The predicted molar refractivity (Wildman–Crippen MR) is 120 cm³/mol. The fraction of sp³-hybridized carbons (Fsp3) is 0.250. The molecule has 0 atom stereocenters. The van der Waals surface area contributed by atoms with Crippen LogP contribution in [-0.2, 0) is 15.7 Å². The Hall–Kier alpha value is -4.15. The van der Waals surface area contributed by atoms with Crippen LogP contribution in [0.15, 0.2) is 54.7 Å². The van der Waals surface area contributed by atoms with Crippen molar-refractivity contribution in [2.75, 3.05) is 17.2 Å². The molecule has 0 radical (unpaired) electrons. The van der Waals surface area contributed by atoms with Crippen LogP contribution in [0.3, 0.4) is 0 Å². The van der Waals surface area contributed by atoms with Crippen LogP contribution in [0.2, 0.25) is 0 Å². The number of nitrogens with one attached hydrogen (secondary N) is 2. The van der Waals surface area contributed by atoms with Gasteiger partial charge < -0.3 is 15.4 Å². The number of halogens is 3. The monoisotopic (exact) mass is 486 g/mol. The average molecular weight is 486 g/mol. The Morgan fingerprint density at radius 2 is 1.77 bits per heavy atom. The Morgan fingerprint density at radius 3 is 2.40 bits per heavy atom. The van der Waals surface area contributed by atoms with E-state index < -0.39 is 29.3 Å². The zero-order valence-electron chi connectivity index (χ0n) is 18.6. The molecule has 2 N–H and O–H groups in total. The second-order valence-electron chi connectivity index (χ2n) is 7.88. The van der Waals surface area contributed by atoms with E-state index in [1.54, 1.807) is 24.3 Å². The van der Waals surface area contributed by atoms with Crippen molar-refractivity contribution in [2.45, 2.75) is 25.9 Å². The highest BCUT2D eigenvalue weighted by Crippen LogP contribution is 2.34. The summed E-state index contributed by atoms with van der Waals surface area (Å²) in [5.74, 6) is -1.64. The maximum Gasteiger partial charge on any atom is 0.434 e. The van der Waals surface area contributed by atoms with Crippen molar-refractivity contribution < 1.29 is 32.3 Å². The number of esters is 1. The highest BCUT2D eigenvalue weighted by Gasteiger charge is 2.41. The van der Waals surface area contributed by atoms with Crippen molar-refractivity contribution in [3.05, 3.63) is 71.5 Å². The Balaban J connectivity index is 1.50. The minimum Gasteiger partial charge on any atom is -0.462 e. The second-order valence-corrected chi connectivity index (χ2v) is 7.88. The molecule has 1 heterocycles. The molecule has 1 saturated carbocycles. The number of hydrogen-bond acceptors (Lipinski definition) is 5. The van der Waals surface area contributed by atoms with Gasteiger partial charge >= 0.3 is 12.1 Å². The third-order valence-electron chi connectivity index (χ3n) is 5.24. The van der Waals surface area contributed by atoms with Crippen LogP contribution in [0, 0.1) is 5.92 Å². The molecule has 0 saturated heterocycles. The van der Waals surface area contributed by atoms with E-state index in [4.69, 9.17) is 4.74 Å². The first-order chi connectivity index (χ1) is 16.7. The standard InChI is InChI=1S/C24H21F3N4O4/c1-2-35-23(34)19-13-28-31(20(19)24(25,26)27)18-10-8-16(9-11-18)29-22(33)15-4-3-5-17(12-15)30-21(32)14-6-7-14/h3-5,8-14H,2,6-7H2,1H3,(H,29,33)(H,30,32). The van der Waals surface area contributed by atoms with Crippen molar-refractivity contribution in [2.24, 2.45) is 5.92 Å². The molecule has 0 unspecified atom stereocenters. The minimum atomic E-state index is -4.86. The number of anilines is 2. The quantitative estimate of drug-likeness (QED) is 0.473. The molecule has 1 fully saturated rings. The highest BCUT2D eigenvalue weighted by atomic mass is 19.4. The van der Waals surface area contributed by atoms with E-state index in [0.717, 1.165) is 19.0 Å². The lowest BCUT2D eigenvalue weighted by Gasteiger charge is -2.13. The SMILES string of the molecule is CCOC(=O)c1cnn(-c2ccc(NC(=O)c3cccc(NC(=O)C4CC4)c3)cc2)c1C(F)(F)F. The molecule has 4 rings (SSSR count). The number of aromatic nitrogens is 2. The number of amides is 2. The van der Waals surface area contributed by atoms with Gasteiger partial charge in [0.15, 0.2) is 5.69 Å². The van der Waals surface area contributed by atoms with Crippen molar-refractivity contribution >= 4 is 29.2 Å². The highest BCUT2D eigenvalue weighted by molar-refractivity contribution is 6.05. The summed E-state index contributed by atoms with van der Waals surface area (Å²) in [7, 11) is 0. The molecule has 2 aromatic carbocycles. The summed E-state index contributed by atoms with van der Waals surface area (Å²) >= 11 is 0. The molecule has 0 bridgehead atoms. The topological polar surface area (TPSA) is 102 Å². The number of benzene rings is 2. The molecular formula is C24H21F3N4O4. The summed E-state index contributed by atoms with van der Waals surface area (Å²) in [6, 6.07) is 11.9. The van der Waals surface area contributed by atoms with Crippen LogP contribution >= 0.6 is 0 Å². The Kier molecular flexibility index (Phi) is 6.59. The average Bonchev–Trinajstić information content (AvgIpc) is 3.57. The zero-order chi connectivity index (χ0) is 25.2. The molecular weight excluding hydrogens is 465 g/mol. The molecule has 1 aliphatic rings. The lowest BCUT2D eigenvalue weighted by Crippen LogP contribution is -2.18. The van der Waals surface area contributed by atoms with Gasteiger partial charge in [0.2, 0.25) is 5.91 Å². The molecule has 0 aliphatic heterocycles. The first-order valence-electron chi connectivity index (χ1n) is 10.8. The zero-order valence-corrected chi connectivity index (χ0v) is 18.6. The first kappa shape index (κ1) is 24.0. The van der Waals surface area contributed by atoms with Gasteiger partial charge in [-0.05, 0) is 62.2 Å². The summed E-state index contributed by atoms with van der Waals surface area (Å²) in [5, 5.41) is 9.15. The number of hydrogen-bond donors (Lipinski definition) is 2. The molecule has 11 heteroatoms. The number of alkyl halides is 3. The van der Waals surface area contributed by atoms with Gasteiger partial charge in [-0.3, -0.25) is 9.59 Å². The van der Waals surface area contributed by atoms with E-state index in [0.29, 0.717) is 21.6 Å². The Bertz CT molecular complexity index is 1260. The molecule has 2 amide bonds. The van der Waals surface area contributed by atoms with E-state index in [2.05, 4.69) is 15.7 Å². The minimum absolute atomic E-state index is 0.0204. The van der Waals surface area contributed by atoms with Gasteiger partial charge in [0, 0.05) is 22.9 Å². The molecule has 8 nitrogen and oxygen atoms in total. The number of carbonyl (C=O) groups is 3. The van der Waals surface area contributed by atoms with Gasteiger partial charge in [0.05, 0.1) is 18.5 Å². The lowest BCUT2D eigenvalue weighted by molar-refractivity contribution is -0.143. The molecule has 1 aromatic heterocycles. The van der Waals surface area contributed by atoms with Crippen LogP contribution in [-0.4, -0.2) is 34.2 Å². The van der Waals surface area contributed by atoms with Crippen LogP contribution in [0.4, 0.5) is 24.5 Å². The first-order valence-corrected chi connectivity index (χ1v) is 10.8. The van der Waals surface area contributed by atoms with Gasteiger partial charge in [0.1, 0.15) is 5.56 Å². The third-order valence-corrected chi connectivity index (χ3v) is 5.24. The van der Waals surface area contributed by atoms with Crippen molar-refractivity contribution in [3.63, 3.8) is 0 Å². The molecule has 182 valence electrons. The number of ether oxygens (including phenoxy) is 1. The van der Waals surface area contributed by atoms with Crippen LogP contribution in [0.25, 0.3) is 5.69 Å². The van der Waals surface area contributed by atoms with Gasteiger partial charge in [-0.1, -0.05) is 6.07 Å². The number of carbonyl (C=O) groups excluding carboxylic acids is 3. The van der Waals surface area contributed by atoms with Crippen LogP contribution in [0.1, 0.15) is 46.2 Å². The maximum atomic E-state index is 13.7. The molecule has 0 spiro atoms. The summed E-state index contributed by atoms with van der Waals surface area (Å²) in [5.41, 5.74) is -0.773. The van der Waals surface area contributed by atoms with Gasteiger partial charge in [-0.15, -0.1) is 0 Å². The molecule has 35 heavy (non-hydrogen) atoms. The van der Waals surface area contributed by atoms with E-state index in [-0.39, 0.29) is 24.1 Å². The van der Waals surface area contributed by atoms with E-state index in [1.807, 2.05) is 0 Å². The van der Waals surface area contributed by atoms with Gasteiger partial charge in [-0.25, -0.2) is 9.48 Å². The Labute approximate surface area is 198 Å². The molecule has 3 aromatic rings. The smallest absolute Gasteiger partial charge is 0.434 e. The van der Waals surface area contributed by atoms with Crippen LogP contribution < -0.4 is 10.6 Å². The van der Waals surface area contributed by atoms with Crippen molar-refractivity contribution in [1.29, 1.82) is 0 Å². The lowest BCUT2D eigenvalue weighted by atomic mass is 10.1. The van der Waals surface area contributed by atoms with E-state index in [1.165, 1.54) is 31.2 Å². The summed E-state index contributed by atoms with van der Waals surface area (Å²) in [4.78, 5) is 36.5.